The van der Waals surface area contributed by atoms with Crippen LogP contribution in [0, 0.1) is 7.43 Å². The maximum absolute atomic E-state index is 4.19. The Morgan fingerprint density at radius 2 is 1.14 bits per heavy atom. The van der Waals surface area contributed by atoms with Gasteiger partial charge in [0.25, 0.3) is 0 Å². The van der Waals surface area contributed by atoms with Gasteiger partial charge in [-0.05, 0) is 24.3 Å². The molecule has 0 unspecified atom stereocenters. The van der Waals surface area contributed by atoms with Crippen LogP contribution in [-0.4, -0.2) is 9.97 Å². The van der Waals surface area contributed by atoms with E-state index in [4.69, 9.17) is 0 Å². The predicted molar refractivity (Wildman–Crippen MR) is 53.9 cm³/mol. The third-order valence-electron chi connectivity index (χ3n) is 1.59. The molecule has 0 saturated heterocycles. The summed E-state index contributed by atoms with van der Waals surface area (Å²) in [6.07, 6.45) is 3.54. The van der Waals surface area contributed by atoms with E-state index in [1.807, 2.05) is 36.4 Å². The van der Waals surface area contributed by atoms with Gasteiger partial charge in [-0.3, -0.25) is 9.97 Å². The van der Waals surface area contributed by atoms with Crippen LogP contribution >= 0.6 is 0 Å². The summed E-state index contributed by atoms with van der Waals surface area (Å²) in [6, 6.07) is 11.6. The minimum absolute atomic E-state index is 0. The van der Waals surface area contributed by atoms with E-state index in [-0.39, 0.29) is 24.5 Å². The fourth-order valence-corrected chi connectivity index (χ4v) is 1.03. The SMILES string of the molecule is [CH3-].[Cu+].c1ccc(-c2ccccn2)nc1. The zero-order valence-corrected chi connectivity index (χ0v) is 8.76. The van der Waals surface area contributed by atoms with E-state index in [9.17, 15) is 0 Å². The second-order valence-electron chi connectivity index (χ2n) is 2.43. The molecule has 2 aromatic rings. The van der Waals surface area contributed by atoms with Crippen molar-refractivity contribution in [3.05, 3.63) is 56.2 Å². The van der Waals surface area contributed by atoms with E-state index in [1.54, 1.807) is 12.4 Å². The first kappa shape index (κ1) is 12.8. The predicted octanol–water partition coefficient (Wildman–Crippen LogP) is 2.59. The van der Waals surface area contributed by atoms with Crippen molar-refractivity contribution in [1.82, 2.24) is 9.97 Å². The minimum Gasteiger partial charge on any atom is -0.358 e. The molecule has 0 aliphatic heterocycles. The van der Waals surface area contributed by atoms with E-state index in [0.29, 0.717) is 0 Å². The number of rotatable bonds is 1. The molecule has 0 saturated carbocycles. The Kier molecular flexibility index (Phi) is 5.77. The number of nitrogens with zero attached hydrogens (tertiary/aromatic N) is 2. The number of hydrogen-bond acceptors (Lipinski definition) is 2. The second-order valence-corrected chi connectivity index (χ2v) is 2.43. The standard InChI is InChI=1S/C10H8N2.CH3.Cu/c1-3-7-11-9(5-1)10-6-2-4-8-12-10;;/h1-8H;1H3;/q;-1;+1. The molecule has 0 spiro atoms. The summed E-state index contributed by atoms with van der Waals surface area (Å²) in [7, 11) is 0. The van der Waals surface area contributed by atoms with E-state index in [0.717, 1.165) is 11.4 Å². The van der Waals surface area contributed by atoms with Crippen molar-refractivity contribution < 1.29 is 17.1 Å². The van der Waals surface area contributed by atoms with Crippen LogP contribution in [0.5, 0.6) is 0 Å². The van der Waals surface area contributed by atoms with Crippen LogP contribution < -0.4 is 0 Å². The average Bonchev–Trinajstić information content (AvgIpc) is 2.21. The summed E-state index contributed by atoms with van der Waals surface area (Å²) >= 11 is 0. The van der Waals surface area contributed by atoms with E-state index in [2.05, 4.69) is 9.97 Å². The molecule has 0 aliphatic carbocycles. The van der Waals surface area contributed by atoms with Crippen molar-refractivity contribution >= 4 is 0 Å². The molecule has 14 heavy (non-hydrogen) atoms. The smallest absolute Gasteiger partial charge is 0.358 e. The Labute approximate surface area is 94.9 Å². The molecule has 3 heteroatoms. The number of aromatic nitrogens is 2. The molecule has 0 N–H and O–H groups in total. The van der Waals surface area contributed by atoms with Crippen LogP contribution in [0.4, 0.5) is 0 Å². The molecule has 0 amide bonds. The Balaban J connectivity index is 0.000000845. The molecule has 0 bridgehead atoms. The molecular weight excluding hydrogens is 224 g/mol. The molecule has 0 fully saturated rings. The Hall–Kier alpha value is -1.18. The first-order valence-electron chi connectivity index (χ1n) is 3.79. The quantitative estimate of drug-likeness (QED) is 0.560. The zero-order valence-electron chi connectivity index (χ0n) is 7.81. The van der Waals surface area contributed by atoms with Crippen molar-refractivity contribution in [2.45, 2.75) is 0 Å². The molecule has 0 aliphatic rings. The van der Waals surface area contributed by atoms with Crippen LogP contribution in [0.3, 0.4) is 0 Å². The van der Waals surface area contributed by atoms with Gasteiger partial charge in [-0.2, -0.15) is 0 Å². The first-order valence-corrected chi connectivity index (χ1v) is 3.79. The van der Waals surface area contributed by atoms with Gasteiger partial charge >= 0.3 is 17.1 Å². The molecule has 2 heterocycles. The average molecular weight is 235 g/mol. The monoisotopic (exact) mass is 234 g/mol. The van der Waals surface area contributed by atoms with Crippen LogP contribution in [-0.2, 0) is 17.1 Å². The topological polar surface area (TPSA) is 25.8 Å². The fraction of sp³-hybridized carbons (Fsp3) is 0. The summed E-state index contributed by atoms with van der Waals surface area (Å²) in [5.41, 5.74) is 1.83. The summed E-state index contributed by atoms with van der Waals surface area (Å²) in [5.74, 6) is 0. The van der Waals surface area contributed by atoms with Gasteiger partial charge in [0.1, 0.15) is 0 Å². The van der Waals surface area contributed by atoms with Gasteiger partial charge in [0, 0.05) is 12.4 Å². The summed E-state index contributed by atoms with van der Waals surface area (Å²) in [5, 5.41) is 0. The van der Waals surface area contributed by atoms with Crippen LogP contribution in [0.15, 0.2) is 48.8 Å². The number of hydrogen-bond donors (Lipinski definition) is 0. The Morgan fingerprint density at radius 1 is 0.714 bits per heavy atom. The molecule has 0 radical (unpaired) electrons. The van der Waals surface area contributed by atoms with Crippen LogP contribution in [0.25, 0.3) is 11.4 Å². The van der Waals surface area contributed by atoms with Gasteiger partial charge in [-0.15, -0.1) is 0 Å². The van der Waals surface area contributed by atoms with Gasteiger partial charge in [0.15, 0.2) is 0 Å². The van der Waals surface area contributed by atoms with Gasteiger partial charge in [-0.1, -0.05) is 12.1 Å². The fourth-order valence-electron chi connectivity index (χ4n) is 1.03. The van der Waals surface area contributed by atoms with Crippen molar-refractivity contribution in [3.63, 3.8) is 0 Å². The van der Waals surface area contributed by atoms with E-state index < -0.39 is 0 Å². The summed E-state index contributed by atoms with van der Waals surface area (Å²) in [4.78, 5) is 8.37. The van der Waals surface area contributed by atoms with E-state index >= 15 is 0 Å². The van der Waals surface area contributed by atoms with Crippen LogP contribution in [0.2, 0.25) is 0 Å². The molecule has 76 valence electrons. The Morgan fingerprint density at radius 3 is 1.43 bits per heavy atom. The van der Waals surface area contributed by atoms with Gasteiger partial charge in [0.05, 0.1) is 11.4 Å². The molecule has 0 aromatic carbocycles. The van der Waals surface area contributed by atoms with Gasteiger partial charge < -0.3 is 7.43 Å². The third kappa shape index (κ3) is 2.95. The van der Waals surface area contributed by atoms with Crippen molar-refractivity contribution in [3.8, 4) is 11.4 Å². The maximum Gasteiger partial charge on any atom is 1.00 e. The minimum atomic E-state index is 0. The van der Waals surface area contributed by atoms with Crippen molar-refractivity contribution in [2.75, 3.05) is 0 Å². The summed E-state index contributed by atoms with van der Waals surface area (Å²) < 4.78 is 0. The Bertz CT molecular complexity index is 311. The molecular formula is C11H11CuN2. The molecule has 2 aromatic heterocycles. The third-order valence-corrected chi connectivity index (χ3v) is 1.59. The number of pyridine rings is 2. The molecule has 2 nitrogen and oxygen atoms in total. The van der Waals surface area contributed by atoms with Gasteiger partial charge in [0.2, 0.25) is 0 Å². The zero-order chi connectivity index (χ0) is 8.23. The second kappa shape index (κ2) is 6.30. The van der Waals surface area contributed by atoms with Crippen molar-refractivity contribution in [1.29, 1.82) is 0 Å². The van der Waals surface area contributed by atoms with Crippen molar-refractivity contribution in [2.24, 2.45) is 0 Å². The molecule has 0 atom stereocenters. The van der Waals surface area contributed by atoms with E-state index in [1.165, 1.54) is 0 Å². The largest absolute Gasteiger partial charge is 1.00 e. The maximum atomic E-state index is 4.19. The van der Waals surface area contributed by atoms with Gasteiger partial charge in [-0.25, -0.2) is 0 Å². The van der Waals surface area contributed by atoms with Crippen LogP contribution in [0.1, 0.15) is 0 Å². The normalized spacial score (nSPS) is 8.29. The molecule has 2 rings (SSSR count). The summed E-state index contributed by atoms with van der Waals surface area (Å²) in [6.45, 7) is 0. The first-order chi connectivity index (χ1) is 5.97.